The van der Waals surface area contributed by atoms with E-state index in [0.717, 1.165) is 11.1 Å². The highest BCUT2D eigenvalue weighted by atomic mass is 35.5. The van der Waals surface area contributed by atoms with Gasteiger partial charge in [-0.2, -0.15) is 0 Å². The first-order chi connectivity index (χ1) is 14.5. The van der Waals surface area contributed by atoms with Gasteiger partial charge in [0.05, 0.1) is 21.7 Å². The minimum Gasteiger partial charge on any atom is -0.336 e. The Hall–Kier alpha value is -2.40. The largest absolute Gasteiger partial charge is 0.336 e. The number of amides is 1. The van der Waals surface area contributed by atoms with Gasteiger partial charge in [-0.05, 0) is 35.4 Å². The molecule has 0 aromatic heterocycles. The predicted molar refractivity (Wildman–Crippen MR) is 119 cm³/mol. The molecule has 0 radical (unpaired) electrons. The molecule has 0 unspecified atom stereocenters. The van der Waals surface area contributed by atoms with Crippen LogP contribution >= 0.6 is 23.2 Å². The van der Waals surface area contributed by atoms with Crippen molar-refractivity contribution in [1.29, 1.82) is 0 Å². The van der Waals surface area contributed by atoms with Gasteiger partial charge in [0, 0.05) is 26.2 Å². The van der Waals surface area contributed by atoms with Crippen molar-refractivity contribution in [1.82, 2.24) is 9.80 Å². The summed E-state index contributed by atoms with van der Waals surface area (Å²) in [7, 11) is 0. The van der Waals surface area contributed by atoms with Crippen LogP contribution in [0, 0.1) is 5.82 Å². The molecule has 1 amide bonds. The van der Waals surface area contributed by atoms with Crippen LogP contribution in [0.25, 0.3) is 0 Å². The Balaban J connectivity index is 1.54. The molecule has 6 heteroatoms. The Kier molecular flexibility index (Phi) is 6.38. The summed E-state index contributed by atoms with van der Waals surface area (Å²) in [6.45, 7) is 2.49. The highest BCUT2D eigenvalue weighted by molar-refractivity contribution is 6.39. The van der Waals surface area contributed by atoms with Gasteiger partial charge in [-0.15, -0.1) is 0 Å². The minimum atomic E-state index is -0.252. The molecule has 0 spiro atoms. The molecular weight excluding hydrogens is 422 g/mol. The molecule has 3 nitrogen and oxygen atoms in total. The second-order valence-electron chi connectivity index (χ2n) is 7.29. The van der Waals surface area contributed by atoms with Crippen molar-refractivity contribution >= 4 is 29.1 Å². The van der Waals surface area contributed by atoms with Crippen molar-refractivity contribution in [3.05, 3.63) is 105 Å². The minimum absolute atomic E-state index is 0.00652. The average molecular weight is 443 g/mol. The van der Waals surface area contributed by atoms with Gasteiger partial charge >= 0.3 is 0 Å². The Morgan fingerprint density at radius 1 is 0.767 bits per heavy atom. The Morgan fingerprint density at radius 3 is 1.93 bits per heavy atom. The SMILES string of the molecule is O=C(c1c(Cl)cccc1Cl)N1CCN([C@@H](c2ccccc2)c2ccc(F)cc2)CC1. The number of benzene rings is 3. The number of carbonyl (C=O) groups is 1. The van der Waals surface area contributed by atoms with E-state index < -0.39 is 0 Å². The fourth-order valence-corrected chi connectivity index (χ4v) is 4.50. The number of nitrogens with zero attached hydrogens (tertiary/aromatic N) is 2. The molecule has 1 heterocycles. The van der Waals surface area contributed by atoms with Crippen molar-refractivity contribution in [2.45, 2.75) is 6.04 Å². The molecule has 154 valence electrons. The number of hydrogen-bond donors (Lipinski definition) is 0. The molecule has 1 saturated heterocycles. The van der Waals surface area contributed by atoms with Gasteiger partial charge in [-0.25, -0.2) is 4.39 Å². The van der Waals surface area contributed by atoms with Crippen molar-refractivity contribution in [3.63, 3.8) is 0 Å². The third kappa shape index (κ3) is 4.36. The van der Waals surface area contributed by atoms with Crippen molar-refractivity contribution in [2.24, 2.45) is 0 Å². The van der Waals surface area contributed by atoms with E-state index in [4.69, 9.17) is 23.2 Å². The highest BCUT2D eigenvalue weighted by Gasteiger charge is 2.30. The standard InChI is InChI=1S/C24H21Cl2FN2O/c25-20-7-4-8-21(26)22(20)24(30)29-15-13-28(14-16-29)23(17-5-2-1-3-6-17)18-9-11-19(27)12-10-18/h1-12,23H,13-16H2/t23-/m0/s1. The first kappa shape index (κ1) is 20.9. The maximum absolute atomic E-state index is 13.5. The first-order valence-electron chi connectivity index (χ1n) is 9.82. The molecule has 1 aliphatic heterocycles. The fourth-order valence-electron chi connectivity index (χ4n) is 3.94. The number of hydrogen-bond acceptors (Lipinski definition) is 2. The summed E-state index contributed by atoms with van der Waals surface area (Å²) >= 11 is 12.4. The Bertz CT molecular complexity index is 999. The fraction of sp³-hybridized carbons (Fsp3) is 0.208. The first-order valence-corrected chi connectivity index (χ1v) is 10.6. The molecule has 3 aromatic carbocycles. The molecule has 0 N–H and O–H groups in total. The molecule has 0 bridgehead atoms. The number of piperazine rings is 1. The molecule has 1 atom stereocenters. The third-order valence-electron chi connectivity index (χ3n) is 5.44. The molecule has 3 aromatic rings. The van der Waals surface area contributed by atoms with E-state index in [2.05, 4.69) is 17.0 Å². The van der Waals surface area contributed by atoms with Crippen LogP contribution < -0.4 is 0 Å². The van der Waals surface area contributed by atoms with Crippen LogP contribution in [0.5, 0.6) is 0 Å². The zero-order valence-corrected chi connectivity index (χ0v) is 17.8. The number of carbonyl (C=O) groups excluding carboxylic acids is 1. The van der Waals surface area contributed by atoms with E-state index in [-0.39, 0.29) is 17.8 Å². The third-order valence-corrected chi connectivity index (χ3v) is 6.07. The van der Waals surface area contributed by atoms with Gasteiger partial charge < -0.3 is 4.90 Å². The van der Waals surface area contributed by atoms with Crippen LogP contribution in [-0.4, -0.2) is 41.9 Å². The Morgan fingerprint density at radius 2 is 1.33 bits per heavy atom. The smallest absolute Gasteiger partial charge is 0.256 e. The van der Waals surface area contributed by atoms with Crippen LogP contribution in [0.1, 0.15) is 27.5 Å². The lowest BCUT2D eigenvalue weighted by molar-refractivity contribution is 0.0597. The second kappa shape index (κ2) is 9.17. The topological polar surface area (TPSA) is 23.6 Å². The molecule has 1 aliphatic rings. The summed E-state index contributed by atoms with van der Waals surface area (Å²) in [4.78, 5) is 17.1. The van der Waals surface area contributed by atoms with Crippen LogP contribution in [0.4, 0.5) is 4.39 Å². The van der Waals surface area contributed by atoms with E-state index in [1.807, 2.05) is 30.3 Å². The zero-order valence-electron chi connectivity index (χ0n) is 16.3. The molecule has 0 aliphatic carbocycles. The van der Waals surface area contributed by atoms with Crippen LogP contribution in [0.15, 0.2) is 72.8 Å². The van der Waals surface area contributed by atoms with Crippen molar-refractivity contribution in [3.8, 4) is 0 Å². The number of rotatable bonds is 4. The summed E-state index contributed by atoms with van der Waals surface area (Å²) < 4.78 is 13.5. The lowest BCUT2D eigenvalue weighted by Gasteiger charge is -2.40. The molecule has 1 fully saturated rings. The highest BCUT2D eigenvalue weighted by Crippen LogP contribution is 2.31. The predicted octanol–water partition coefficient (Wildman–Crippen LogP) is 5.68. The maximum Gasteiger partial charge on any atom is 0.256 e. The van der Waals surface area contributed by atoms with E-state index in [1.165, 1.54) is 12.1 Å². The van der Waals surface area contributed by atoms with E-state index in [0.29, 0.717) is 41.8 Å². The summed E-state index contributed by atoms with van der Waals surface area (Å²) in [6, 6.07) is 21.9. The summed E-state index contributed by atoms with van der Waals surface area (Å²) in [5, 5.41) is 0.729. The quantitative estimate of drug-likeness (QED) is 0.518. The molecular formula is C24H21Cl2FN2O. The zero-order chi connectivity index (χ0) is 21.1. The van der Waals surface area contributed by atoms with Gasteiger partial charge in [-0.3, -0.25) is 9.69 Å². The van der Waals surface area contributed by atoms with Crippen LogP contribution in [0.3, 0.4) is 0 Å². The summed E-state index contributed by atoms with van der Waals surface area (Å²) in [5.74, 6) is -0.402. The van der Waals surface area contributed by atoms with E-state index in [9.17, 15) is 9.18 Å². The summed E-state index contributed by atoms with van der Waals surface area (Å²) in [5.41, 5.74) is 2.52. The van der Waals surface area contributed by atoms with Gasteiger partial charge in [0.15, 0.2) is 0 Å². The van der Waals surface area contributed by atoms with E-state index in [1.54, 1.807) is 23.1 Å². The van der Waals surface area contributed by atoms with Crippen molar-refractivity contribution in [2.75, 3.05) is 26.2 Å². The van der Waals surface area contributed by atoms with Crippen LogP contribution in [0.2, 0.25) is 10.0 Å². The van der Waals surface area contributed by atoms with Gasteiger partial charge in [0.25, 0.3) is 5.91 Å². The molecule has 30 heavy (non-hydrogen) atoms. The average Bonchev–Trinajstić information content (AvgIpc) is 2.76. The second-order valence-corrected chi connectivity index (χ2v) is 8.10. The number of halogens is 3. The monoisotopic (exact) mass is 442 g/mol. The lowest BCUT2D eigenvalue weighted by atomic mass is 9.96. The van der Waals surface area contributed by atoms with Crippen LogP contribution in [-0.2, 0) is 0 Å². The maximum atomic E-state index is 13.5. The van der Waals surface area contributed by atoms with Gasteiger partial charge in [-0.1, -0.05) is 71.7 Å². The normalized spacial score (nSPS) is 15.8. The van der Waals surface area contributed by atoms with E-state index >= 15 is 0 Å². The molecule has 0 saturated carbocycles. The summed E-state index contributed by atoms with van der Waals surface area (Å²) in [6.07, 6.45) is 0. The molecule has 4 rings (SSSR count). The van der Waals surface area contributed by atoms with Gasteiger partial charge in [0.2, 0.25) is 0 Å². The van der Waals surface area contributed by atoms with Crippen molar-refractivity contribution < 1.29 is 9.18 Å². The Labute approximate surface area is 185 Å². The lowest BCUT2D eigenvalue weighted by Crippen LogP contribution is -2.50. The van der Waals surface area contributed by atoms with Gasteiger partial charge in [0.1, 0.15) is 5.82 Å².